The van der Waals surface area contributed by atoms with Crippen molar-refractivity contribution in [3.63, 3.8) is 0 Å². The molecule has 1 aliphatic carbocycles. The molecule has 1 saturated carbocycles. The molecule has 0 aliphatic heterocycles. The van der Waals surface area contributed by atoms with Gasteiger partial charge >= 0.3 is 0 Å². The summed E-state index contributed by atoms with van der Waals surface area (Å²) in [6.07, 6.45) is 12.6. The topological polar surface area (TPSA) is 29.9 Å². The Morgan fingerprint density at radius 3 is 2.88 bits per heavy atom. The molecule has 0 aromatic carbocycles. The molecule has 0 saturated heterocycles. The lowest BCUT2D eigenvalue weighted by Gasteiger charge is -2.21. The molecule has 1 fully saturated rings. The van der Waals surface area contributed by atoms with Crippen molar-refractivity contribution in [2.24, 2.45) is 0 Å². The summed E-state index contributed by atoms with van der Waals surface area (Å²) in [5.41, 5.74) is 1.27. The van der Waals surface area contributed by atoms with Gasteiger partial charge in [0.15, 0.2) is 0 Å². The van der Waals surface area contributed by atoms with Crippen LogP contribution in [0.1, 0.15) is 56.7 Å². The zero-order valence-electron chi connectivity index (χ0n) is 11.0. The van der Waals surface area contributed by atoms with E-state index >= 15 is 0 Å². The van der Waals surface area contributed by atoms with Crippen LogP contribution in [0.2, 0.25) is 0 Å². The van der Waals surface area contributed by atoms with Gasteiger partial charge in [0.25, 0.3) is 0 Å². The molecule has 1 aromatic heterocycles. The van der Waals surface area contributed by atoms with Crippen molar-refractivity contribution in [3.8, 4) is 0 Å². The fourth-order valence-electron chi connectivity index (χ4n) is 2.67. The van der Waals surface area contributed by atoms with Crippen molar-refractivity contribution in [2.75, 3.05) is 13.6 Å². The summed E-state index contributed by atoms with van der Waals surface area (Å²) in [6, 6.07) is 2.88. The summed E-state index contributed by atoms with van der Waals surface area (Å²) in [4.78, 5) is 0. The Morgan fingerprint density at radius 1 is 1.29 bits per heavy atom. The highest BCUT2D eigenvalue weighted by Crippen LogP contribution is 2.27. The molecule has 0 amide bonds. The van der Waals surface area contributed by atoms with Gasteiger partial charge in [-0.05, 0) is 51.8 Å². The van der Waals surface area contributed by atoms with E-state index in [0.29, 0.717) is 6.04 Å². The Bertz CT molecular complexity index is 313. The number of unbranched alkanes of at least 4 members (excludes halogenated alkanes) is 1. The van der Waals surface area contributed by atoms with E-state index in [4.69, 9.17) is 5.10 Å². The Hall–Kier alpha value is -0.830. The first-order valence-electron chi connectivity index (χ1n) is 7.09. The van der Waals surface area contributed by atoms with Gasteiger partial charge in [0.1, 0.15) is 0 Å². The summed E-state index contributed by atoms with van der Waals surface area (Å²) in [7, 11) is 2.01. The van der Waals surface area contributed by atoms with Crippen LogP contribution in [0.4, 0.5) is 0 Å². The van der Waals surface area contributed by atoms with Gasteiger partial charge in [-0.25, -0.2) is 0 Å². The first-order valence-corrected chi connectivity index (χ1v) is 7.09. The maximum absolute atomic E-state index is 4.73. The molecular formula is C14H25N3. The Kier molecular flexibility index (Phi) is 5.05. The van der Waals surface area contributed by atoms with Crippen molar-refractivity contribution in [1.82, 2.24) is 15.1 Å². The van der Waals surface area contributed by atoms with Crippen molar-refractivity contribution in [1.29, 1.82) is 0 Å². The largest absolute Gasteiger partial charge is 0.320 e. The summed E-state index contributed by atoms with van der Waals surface area (Å²) < 4.78 is 2.21. The van der Waals surface area contributed by atoms with Gasteiger partial charge in [-0.3, -0.25) is 4.68 Å². The number of rotatable bonds is 6. The molecular weight excluding hydrogens is 210 g/mol. The second-order valence-electron chi connectivity index (χ2n) is 5.14. The normalized spacial score (nSPS) is 17.5. The van der Waals surface area contributed by atoms with Gasteiger partial charge < -0.3 is 5.32 Å². The fraction of sp³-hybridized carbons (Fsp3) is 0.786. The summed E-state index contributed by atoms with van der Waals surface area (Å²) in [5.74, 6) is 0. The molecule has 1 N–H and O–H groups in total. The van der Waals surface area contributed by atoms with Crippen LogP contribution in [0, 0.1) is 0 Å². The number of nitrogens with zero attached hydrogens (tertiary/aromatic N) is 2. The molecule has 0 unspecified atom stereocenters. The molecule has 1 aliphatic rings. The number of hydrogen-bond acceptors (Lipinski definition) is 2. The quantitative estimate of drug-likeness (QED) is 0.768. The van der Waals surface area contributed by atoms with E-state index in [9.17, 15) is 0 Å². The molecule has 96 valence electrons. The standard InChI is InChI=1S/C14H25N3/c1-15-11-6-5-7-13-10-12-17(16-13)14-8-3-2-4-9-14/h10,12,14-15H,2-9,11H2,1H3. The highest BCUT2D eigenvalue weighted by Gasteiger charge is 2.15. The van der Waals surface area contributed by atoms with E-state index in [1.54, 1.807) is 0 Å². The highest BCUT2D eigenvalue weighted by atomic mass is 15.3. The van der Waals surface area contributed by atoms with Crippen molar-refractivity contribution >= 4 is 0 Å². The summed E-state index contributed by atoms with van der Waals surface area (Å²) >= 11 is 0. The number of aromatic nitrogens is 2. The minimum atomic E-state index is 0.676. The monoisotopic (exact) mass is 235 g/mol. The molecule has 17 heavy (non-hydrogen) atoms. The molecule has 1 aromatic rings. The lowest BCUT2D eigenvalue weighted by atomic mass is 9.96. The van der Waals surface area contributed by atoms with Gasteiger partial charge in [-0.1, -0.05) is 19.3 Å². The number of nitrogens with one attached hydrogen (secondary N) is 1. The molecule has 0 bridgehead atoms. The maximum atomic E-state index is 4.73. The van der Waals surface area contributed by atoms with E-state index in [1.807, 2.05) is 7.05 Å². The first-order chi connectivity index (χ1) is 8.40. The number of hydrogen-bond donors (Lipinski definition) is 1. The van der Waals surface area contributed by atoms with E-state index in [1.165, 1.54) is 50.6 Å². The van der Waals surface area contributed by atoms with E-state index < -0.39 is 0 Å². The smallest absolute Gasteiger partial charge is 0.0624 e. The molecule has 3 nitrogen and oxygen atoms in total. The third-order valence-electron chi connectivity index (χ3n) is 3.72. The third-order valence-corrected chi connectivity index (χ3v) is 3.72. The van der Waals surface area contributed by atoms with Gasteiger partial charge in [0.05, 0.1) is 11.7 Å². The third kappa shape index (κ3) is 3.84. The molecule has 1 heterocycles. The van der Waals surface area contributed by atoms with Crippen LogP contribution in [0.25, 0.3) is 0 Å². The number of aryl methyl sites for hydroxylation is 1. The Morgan fingerprint density at radius 2 is 2.12 bits per heavy atom. The lowest BCUT2D eigenvalue weighted by molar-refractivity contribution is 0.328. The van der Waals surface area contributed by atoms with E-state index in [0.717, 1.165) is 13.0 Å². The molecule has 0 spiro atoms. The molecule has 2 rings (SSSR count). The second-order valence-corrected chi connectivity index (χ2v) is 5.14. The van der Waals surface area contributed by atoms with Gasteiger partial charge in [-0.15, -0.1) is 0 Å². The zero-order valence-corrected chi connectivity index (χ0v) is 11.0. The van der Waals surface area contributed by atoms with Crippen LogP contribution in [-0.2, 0) is 6.42 Å². The summed E-state index contributed by atoms with van der Waals surface area (Å²) in [5, 5.41) is 7.91. The van der Waals surface area contributed by atoms with Gasteiger partial charge in [0, 0.05) is 6.20 Å². The predicted molar refractivity (Wildman–Crippen MR) is 71.2 cm³/mol. The van der Waals surface area contributed by atoms with E-state index in [2.05, 4.69) is 22.3 Å². The highest BCUT2D eigenvalue weighted by molar-refractivity contribution is 5.00. The van der Waals surface area contributed by atoms with Crippen LogP contribution in [0.5, 0.6) is 0 Å². The first kappa shape index (κ1) is 12.6. The minimum Gasteiger partial charge on any atom is -0.320 e. The molecule has 0 atom stereocenters. The van der Waals surface area contributed by atoms with Crippen LogP contribution in [-0.4, -0.2) is 23.4 Å². The average molecular weight is 235 g/mol. The lowest BCUT2D eigenvalue weighted by Crippen LogP contribution is -2.13. The van der Waals surface area contributed by atoms with Crippen LogP contribution >= 0.6 is 0 Å². The van der Waals surface area contributed by atoms with Gasteiger partial charge in [-0.2, -0.15) is 5.10 Å². The van der Waals surface area contributed by atoms with Crippen molar-refractivity contribution < 1.29 is 0 Å². The van der Waals surface area contributed by atoms with Crippen LogP contribution in [0.3, 0.4) is 0 Å². The van der Waals surface area contributed by atoms with Gasteiger partial charge in [0.2, 0.25) is 0 Å². The van der Waals surface area contributed by atoms with E-state index in [-0.39, 0.29) is 0 Å². The van der Waals surface area contributed by atoms with Crippen LogP contribution in [0.15, 0.2) is 12.3 Å². The van der Waals surface area contributed by atoms with Crippen molar-refractivity contribution in [3.05, 3.63) is 18.0 Å². The second kappa shape index (κ2) is 6.80. The minimum absolute atomic E-state index is 0.676. The maximum Gasteiger partial charge on any atom is 0.0624 e. The zero-order chi connectivity index (χ0) is 11.9. The summed E-state index contributed by atoms with van der Waals surface area (Å²) in [6.45, 7) is 1.11. The predicted octanol–water partition coefficient (Wildman–Crippen LogP) is 2.93. The fourth-order valence-corrected chi connectivity index (χ4v) is 2.67. The van der Waals surface area contributed by atoms with Crippen LogP contribution < -0.4 is 5.32 Å². The Balaban J connectivity index is 1.78. The molecule has 0 radical (unpaired) electrons. The molecule has 3 heteroatoms. The Labute approximate surface area is 105 Å². The SMILES string of the molecule is CNCCCCc1ccn(C2CCCCC2)n1. The average Bonchev–Trinajstić information content (AvgIpc) is 2.85. The van der Waals surface area contributed by atoms with Crippen molar-refractivity contribution in [2.45, 2.75) is 57.4 Å².